The van der Waals surface area contributed by atoms with Crippen LogP contribution in [0.3, 0.4) is 0 Å². The topological polar surface area (TPSA) is 55.0 Å². The Morgan fingerprint density at radius 2 is 2.00 bits per heavy atom. The van der Waals surface area contributed by atoms with E-state index in [1.165, 1.54) is 5.56 Å². The molecule has 0 saturated carbocycles. The van der Waals surface area contributed by atoms with Crippen LogP contribution in [0.25, 0.3) is 0 Å². The first-order chi connectivity index (χ1) is 9.63. The first-order valence-electron chi connectivity index (χ1n) is 6.38. The van der Waals surface area contributed by atoms with Crippen LogP contribution in [0.5, 0.6) is 0 Å². The smallest absolute Gasteiger partial charge is 0.341 e. The fourth-order valence-corrected chi connectivity index (χ4v) is 2.19. The quantitative estimate of drug-likeness (QED) is 0.801. The number of rotatable bonds is 4. The molecule has 0 atom stereocenters. The maximum atomic E-state index is 11.9. The summed E-state index contributed by atoms with van der Waals surface area (Å²) < 4.78 is 6.93. The summed E-state index contributed by atoms with van der Waals surface area (Å²) in [6.07, 6.45) is 0. The normalized spacial score (nSPS) is 10.1. The minimum absolute atomic E-state index is 0.221. The van der Waals surface area contributed by atoms with Crippen LogP contribution in [-0.4, -0.2) is 17.1 Å². The van der Waals surface area contributed by atoms with E-state index in [4.69, 9.17) is 10.00 Å². The highest BCUT2D eigenvalue weighted by Crippen LogP contribution is 2.18. The number of esters is 1. The van der Waals surface area contributed by atoms with E-state index in [0.717, 1.165) is 11.4 Å². The number of nitrogens with zero attached hydrogens (tertiary/aromatic N) is 2. The third-order valence-corrected chi connectivity index (χ3v) is 3.24. The van der Waals surface area contributed by atoms with Crippen LogP contribution < -0.4 is 0 Å². The molecule has 0 amide bonds. The molecule has 1 aromatic carbocycles. The fraction of sp³-hybridized carbons (Fsp3) is 0.250. The Morgan fingerprint density at radius 1 is 1.30 bits per heavy atom. The number of carbonyl (C=O) groups excluding carboxylic acids is 1. The molecule has 0 aliphatic rings. The molecule has 1 heterocycles. The van der Waals surface area contributed by atoms with Gasteiger partial charge in [0.1, 0.15) is 6.07 Å². The lowest BCUT2D eigenvalue weighted by molar-refractivity contribution is 0.0554. The molecule has 20 heavy (non-hydrogen) atoms. The summed E-state index contributed by atoms with van der Waals surface area (Å²) in [6.45, 7) is 4.33. The largest absolute Gasteiger partial charge is 0.447 e. The molecular weight excluding hydrogens is 252 g/mol. The van der Waals surface area contributed by atoms with Crippen LogP contribution in [0.4, 0.5) is 0 Å². The molecule has 0 N–H and O–H groups in total. The maximum Gasteiger partial charge on any atom is 0.341 e. The van der Waals surface area contributed by atoms with Gasteiger partial charge in [0.2, 0.25) is 0 Å². The summed E-state index contributed by atoms with van der Waals surface area (Å²) >= 11 is 0. The van der Waals surface area contributed by atoms with Crippen LogP contribution in [0.2, 0.25) is 0 Å². The summed E-state index contributed by atoms with van der Waals surface area (Å²) in [5.41, 5.74) is 3.55. The Balaban J connectivity index is 2.25. The maximum absolute atomic E-state index is 11.9. The van der Waals surface area contributed by atoms with Gasteiger partial charge in [-0.25, -0.2) is 4.79 Å². The second kappa shape index (κ2) is 6.07. The monoisotopic (exact) mass is 268 g/mol. The van der Waals surface area contributed by atoms with Gasteiger partial charge >= 0.3 is 5.97 Å². The van der Waals surface area contributed by atoms with Gasteiger partial charge in [0.15, 0.2) is 6.61 Å². The number of nitriles is 1. The van der Waals surface area contributed by atoms with Gasteiger partial charge in [0.25, 0.3) is 0 Å². The van der Waals surface area contributed by atoms with E-state index < -0.39 is 5.97 Å². The van der Waals surface area contributed by atoms with Gasteiger partial charge in [-0.2, -0.15) is 5.26 Å². The molecule has 0 saturated heterocycles. The van der Waals surface area contributed by atoms with Crippen molar-refractivity contribution in [3.05, 3.63) is 58.9 Å². The zero-order chi connectivity index (χ0) is 14.5. The van der Waals surface area contributed by atoms with Crippen LogP contribution in [-0.2, 0) is 11.3 Å². The predicted molar refractivity (Wildman–Crippen MR) is 75.3 cm³/mol. The Hall–Kier alpha value is -2.54. The summed E-state index contributed by atoms with van der Waals surface area (Å²) in [7, 11) is 0. The Kier molecular flexibility index (Phi) is 4.21. The minimum atomic E-state index is -0.445. The molecule has 0 unspecified atom stereocenters. The van der Waals surface area contributed by atoms with Crippen molar-refractivity contribution in [1.29, 1.82) is 5.26 Å². The molecule has 0 aliphatic heterocycles. The Bertz CT molecular complexity index is 651. The number of hydrogen-bond donors (Lipinski definition) is 0. The van der Waals surface area contributed by atoms with Gasteiger partial charge < -0.3 is 9.30 Å². The van der Waals surface area contributed by atoms with Gasteiger partial charge in [-0.15, -0.1) is 0 Å². The Morgan fingerprint density at radius 3 is 2.65 bits per heavy atom. The van der Waals surface area contributed by atoms with E-state index in [1.807, 2.05) is 44.2 Å². The highest BCUT2D eigenvalue weighted by Gasteiger charge is 2.16. The second-order valence-electron chi connectivity index (χ2n) is 4.59. The lowest BCUT2D eigenvalue weighted by Crippen LogP contribution is -2.08. The molecule has 0 aliphatic carbocycles. The zero-order valence-corrected chi connectivity index (χ0v) is 11.6. The molecular formula is C16H16N2O2. The lowest BCUT2D eigenvalue weighted by atomic mass is 10.2. The molecule has 0 radical (unpaired) electrons. The van der Waals surface area contributed by atoms with Crippen molar-refractivity contribution >= 4 is 5.97 Å². The van der Waals surface area contributed by atoms with Crippen molar-refractivity contribution in [3.8, 4) is 6.07 Å². The van der Waals surface area contributed by atoms with E-state index in [0.29, 0.717) is 12.1 Å². The molecule has 0 spiro atoms. The number of carbonyl (C=O) groups is 1. The molecule has 4 heteroatoms. The van der Waals surface area contributed by atoms with Crippen molar-refractivity contribution in [1.82, 2.24) is 4.57 Å². The van der Waals surface area contributed by atoms with Gasteiger partial charge in [0, 0.05) is 17.9 Å². The van der Waals surface area contributed by atoms with Gasteiger partial charge in [-0.3, -0.25) is 0 Å². The molecule has 1 aromatic heterocycles. The Labute approximate surface area is 118 Å². The minimum Gasteiger partial charge on any atom is -0.447 e. The molecule has 102 valence electrons. The highest BCUT2D eigenvalue weighted by atomic mass is 16.5. The van der Waals surface area contributed by atoms with Gasteiger partial charge in [0.05, 0.1) is 5.56 Å². The highest BCUT2D eigenvalue weighted by molar-refractivity contribution is 5.91. The van der Waals surface area contributed by atoms with Crippen molar-refractivity contribution < 1.29 is 9.53 Å². The molecule has 2 rings (SSSR count). The number of aromatic nitrogens is 1. The average molecular weight is 268 g/mol. The van der Waals surface area contributed by atoms with Gasteiger partial charge in [-0.1, -0.05) is 30.3 Å². The van der Waals surface area contributed by atoms with Crippen LogP contribution in [0.1, 0.15) is 27.3 Å². The lowest BCUT2D eigenvalue weighted by Gasteiger charge is -2.09. The van der Waals surface area contributed by atoms with Gasteiger partial charge in [-0.05, 0) is 25.5 Å². The van der Waals surface area contributed by atoms with Crippen LogP contribution in [0.15, 0.2) is 36.4 Å². The standard InChI is InChI=1S/C16H16N2O2/c1-12-10-15(16(19)20-9-8-17)13(2)18(12)11-14-6-4-3-5-7-14/h3-7,10H,9,11H2,1-2H3. The average Bonchev–Trinajstić information content (AvgIpc) is 2.74. The third-order valence-electron chi connectivity index (χ3n) is 3.24. The third kappa shape index (κ3) is 2.89. The number of hydrogen-bond acceptors (Lipinski definition) is 3. The predicted octanol–water partition coefficient (Wildman–Crippen LogP) is 2.83. The molecule has 0 fully saturated rings. The van der Waals surface area contributed by atoms with E-state index in [-0.39, 0.29) is 6.61 Å². The van der Waals surface area contributed by atoms with E-state index in [1.54, 1.807) is 12.1 Å². The first kappa shape index (κ1) is 13.9. The van der Waals surface area contributed by atoms with Crippen molar-refractivity contribution in [2.24, 2.45) is 0 Å². The van der Waals surface area contributed by atoms with Crippen LogP contribution in [0, 0.1) is 25.2 Å². The van der Waals surface area contributed by atoms with Crippen LogP contribution >= 0.6 is 0 Å². The number of aryl methyl sites for hydroxylation is 1. The molecule has 2 aromatic rings. The van der Waals surface area contributed by atoms with E-state index in [2.05, 4.69) is 4.57 Å². The number of ether oxygens (including phenoxy) is 1. The fourth-order valence-electron chi connectivity index (χ4n) is 2.19. The first-order valence-corrected chi connectivity index (χ1v) is 6.38. The summed E-state index contributed by atoms with van der Waals surface area (Å²) in [4.78, 5) is 11.9. The number of benzene rings is 1. The molecule has 4 nitrogen and oxygen atoms in total. The van der Waals surface area contributed by atoms with E-state index >= 15 is 0 Å². The summed E-state index contributed by atoms with van der Waals surface area (Å²) in [6, 6.07) is 13.7. The van der Waals surface area contributed by atoms with Crippen molar-refractivity contribution in [3.63, 3.8) is 0 Å². The van der Waals surface area contributed by atoms with Crippen molar-refractivity contribution in [2.75, 3.05) is 6.61 Å². The summed E-state index contributed by atoms with van der Waals surface area (Å²) in [5.74, 6) is -0.445. The zero-order valence-electron chi connectivity index (χ0n) is 11.6. The summed E-state index contributed by atoms with van der Waals surface area (Å²) in [5, 5.41) is 8.45. The molecule has 0 bridgehead atoms. The van der Waals surface area contributed by atoms with Crippen molar-refractivity contribution in [2.45, 2.75) is 20.4 Å². The van der Waals surface area contributed by atoms with E-state index in [9.17, 15) is 4.79 Å². The second-order valence-corrected chi connectivity index (χ2v) is 4.59. The SMILES string of the molecule is Cc1cc(C(=O)OCC#N)c(C)n1Cc1ccccc1.